The fourth-order valence-electron chi connectivity index (χ4n) is 2.33. The standard InChI is InChI=1S/C15H15FN6/c1-4-13-12(11-5-18-10(3)20-9(11)2)7-22(21-13)14-6-17-8-19-15(14)16/h5-8H,4H2,1-3H3. The maximum absolute atomic E-state index is 13.8. The molecular formula is C15H15FN6. The van der Waals surface area contributed by atoms with Crippen LogP contribution in [0.4, 0.5) is 4.39 Å². The molecule has 0 unspecified atom stereocenters. The van der Waals surface area contributed by atoms with Crippen molar-refractivity contribution in [3.05, 3.63) is 48.1 Å². The number of halogens is 1. The van der Waals surface area contributed by atoms with Gasteiger partial charge >= 0.3 is 0 Å². The highest BCUT2D eigenvalue weighted by Crippen LogP contribution is 2.26. The van der Waals surface area contributed by atoms with E-state index < -0.39 is 5.95 Å². The van der Waals surface area contributed by atoms with Crippen molar-refractivity contribution in [2.45, 2.75) is 27.2 Å². The molecule has 0 N–H and O–H groups in total. The van der Waals surface area contributed by atoms with Crippen LogP contribution in [0.5, 0.6) is 0 Å². The number of hydrogen-bond acceptors (Lipinski definition) is 5. The van der Waals surface area contributed by atoms with Gasteiger partial charge in [0, 0.05) is 29.2 Å². The highest BCUT2D eigenvalue weighted by atomic mass is 19.1. The van der Waals surface area contributed by atoms with Crippen LogP contribution in [0.3, 0.4) is 0 Å². The first-order chi connectivity index (χ1) is 10.6. The molecule has 0 fully saturated rings. The number of nitrogens with zero attached hydrogens (tertiary/aromatic N) is 6. The van der Waals surface area contributed by atoms with Gasteiger partial charge in [0.2, 0.25) is 5.95 Å². The van der Waals surface area contributed by atoms with Crippen molar-refractivity contribution in [2.75, 3.05) is 0 Å². The van der Waals surface area contributed by atoms with E-state index in [4.69, 9.17) is 0 Å². The molecule has 0 aliphatic rings. The highest BCUT2D eigenvalue weighted by molar-refractivity contribution is 5.67. The number of aryl methyl sites for hydroxylation is 3. The van der Waals surface area contributed by atoms with Gasteiger partial charge in [-0.25, -0.2) is 24.6 Å². The van der Waals surface area contributed by atoms with E-state index in [0.29, 0.717) is 12.2 Å². The molecule has 3 heterocycles. The number of rotatable bonds is 3. The zero-order chi connectivity index (χ0) is 15.7. The van der Waals surface area contributed by atoms with Crippen LogP contribution in [0.1, 0.15) is 24.1 Å². The van der Waals surface area contributed by atoms with Crippen molar-refractivity contribution < 1.29 is 4.39 Å². The van der Waals surface area contributed by atoms with Gasteiger partial charge in [-0.3, -0.25) is 0 Å². The van der Waals surface area contributed by atoms with Crippen LogP contribution in [0.25, 0.3) is 16.8 Å². The van der Waals surface area contributed by atoms with Gasteiger partial charge in [0.1, 0.15) is 17.8 Å². The molecule has 7 heteroatoms. The second kappa shape index (κ2) is 5.59. The summed E-state index contributed by atoms with van der Waals surface area (Å²) in [5.41, 5.74) is 3.72. The maximum Gasteiger partial charge on any atom is 0.241 e. The topological polar surface area (TPSA) is 69.4 Å². The first kappa shape index (κ1) is 14.2. The summed E-state index contributed by atoms with van der Waals surface area (Å²) in [5, 5.41) is 4.44. The lowest BCUT2D eigenvalue weighted by molar-refractivity contribution is 0.563. The van der Waals surface area contributed by atoms with Gasteiger partial charge in [-0.1, -0.05) is 6.92 Å². The van der Waals surface area contributed by atoms with Gasteiger partial charge in [0.15, 0.2) is 0 Å². The van der Waals surface area contributed by atoms with Crippen LogP contribution in [0, 0.1) is 19.8 Å². The van der Waals surface area contributed by atoms with Crippen molar-refractivity contribution in [3.63, 3.8) is 0 Å². The summed E-state index contributed by atoms with van der Waals surface area (Å²) in [7, 11) is 0. The molecule has 0 aliphatic heterocycles. The summed E-state index contributed by atoms with van der Waals surface area (Å²) < 4.78 is 15.3. The van der Waals surface area contributed by atoms with Gasteiger partial charge in [-0.2, -0.15) is 9.49 Å². The average molecular weight is 298 g/mol. The summed E-state index contributed by atoms with van der Waals surface area (Å²) in [6.45, 7) is 5.77. The van der Waals surface area contributed by atoms with Gasteiger partial charge in [0.25, 0.3) is 0 Å². The molecule has 0 spiro atoms. The minimum Gasteiger partial charge on any atom is -0.242 e. The molecule has 0 saturated carbocycles. The Balaban J connectivity index is 2.15. The minimum absolute atomic E-state index is 0.217. The molecule has 0 bridgehead atoms. The van der Waals surface area contributed by atoms with E-state index in [-0.39, 0.29) is 5.69 Å². The lowest BCUT2D eigenvalue weighted by Crippen LogP contribution is -2.01. The quantitative estimate of drug-likeness (QED) is 0.695. The molecule has 0 aliphatic carbocycles. The summed E-state index contributed by atoms with van der Waals surface area (Å²) in [4.78, 5) is 16.0. The highest BCUT2D eigenvalue weighted by Gasteiger charge is 2.16. The first-order valence-corrected chi connectivity index (χ1v) is 6.95. The molecule has 6 nitrogen and oxygen atoms in total. The molecule has 0 aromatic carbocycles. The normalized spacial score (nSPS) is 10.9. The van der Waals surface area contributed by atoms with E-state index in [2.05, 4.69) is 25.0 Å². The predicted molar refractivity (Wildman–Crippen MR) is 79.0 cm³/mol. The van der Waals surface area contributed by atoms with Gasteiger partial charge in [-0.15, -0.1) is 0 Å². The van der Waals surface area contributed by atoms with Crippen molar-refractivity contribution in [1.82, 2.24) is 29.7 Å². The predicted octanol–water partition coefficient (Wildman–Crippen LogP) is 2.44. The molecule has 0 amide bonds. The van der Waals surface area contributed by atoms with Gasteiger partial charge < -0.3 is 0 Å². The summed E-state index contributed by atoms with van der Waals surface area (Å²) in [6, 6.07) is 0. The van der Waals surface area contributed by atoms with Crippen LogP contribution in [-0.4, -0.2) is 29.7 Å². The molecule has 3 rings (SSSR count). The van der Waals surface area contributed by atoms with E-state index in [0.717, 1.165) is 22.5 Å². The first-order valence-electron chi connectivity index (χ1n) is 6.95. The Morgan fingerprint density at radius 1 is 1.14 bits per heavy atom. The van der Waals surface area contributed by atoms with Crippen LogP contribution in [0.15, 0.2) is 24.9 Å². The SMILES string of the molecule is CCc1nn(-c2cncnc2F)cc1-c1cnc(C)nc1C. The van der Waals surface area contributed by atoms with Gasteiger partial charge in [0.05, 0.1) is 11.9 Å². The second-order valence-electron chi connectivity index (χ2n) is 4.90. The third-order valence-corrected chi connectivity index (χ3v) is 3.41. The molecule has 0 atom stereocenters. The van der Waals surface area contributed by atoms with Crippen LogP contribution < -0.4 is 0 Å². The zero-order valence-electron chi connectivity index (χ0n) is 12.6. The lowest BCUT2D eigenvalue weighted by Gasteiger charge is -2.04. The zero-order valence-corrected chi connectivity index (χ0v) is 12.6. The fourth-order valence-corrected chi connectivity index (χ4v) is 2.33. The van der Waals surface area contributed by atoms with E-state index in [1.807, 2.05) is 20.8 Å². The molecule has 0 radical (unpaired) electrons. The largest absolute Gasteiger partial charge is 0.242 e. The molecule has 3 aromatic heterocycles. The van der Waals surface area contributed by atoms with Crippen molar-refractivity contribution >= 4 is 0 Å². The van der Waals surface area contributed by atoms with E-state index >= 15 is 0 Å². The minimum atomic E-state index is -0.608. The summed E-state index contributed by atoms with van der Waals surface area (Å²) in [5.74, 6) is 0.109. The van der Waals surface area contributed by atoms with Crippen LogP contribution in [-0.2, 0) is 6.42 Å². The molecular weight excluding hydrogens is 283 g/mol. The summed E-state index contributed by atoms with van der Waals surface area (Å²) in [6.07, 6.45) is 6.82. The maximum atomic E-state index is 13.8. The molecule has 112 valence electrons. The lowest BCUT2D eigenvalue weighted by atomic mass is 10.1. The average Bonchev–Trinajstić information content (AvgIpc) is 2.91. The third kappa shape index (κ3) is 2.45. The second-order valence-corrected chi connectivity index (χ2v) is 4.90. The van der Waals surface area contributed by atoms with E-state index in [1.165, 1.54) is 17.2 Å². The Morgan fingerprint density at radius 2 is 1.95 bits per heavy atom. The van der Waals surface area contributed by atoms with Crippen molar-refractivity contribution in [1.29, 1.82) is 0 Å². The number of aromatic nitrogens is 6. The third-order valence-electron chi connectivity index (χ3n) is 3.41. The van der Waals surface area contributed by atoms with E-state index in [9.17, 15) is 4.39 Å². The summed E-state index contributed by atoms with van der Waals surface area (Å²) >= 11 is 0. The Bertz CT molecular complexity index is 827. The van der Waals surface area contributed by atoms with Crippen LogP contribution in [0.2, 0.25) is 0 Å². The Morgan fingerprint density at radius 3 is 2.64 bits per heavy atom. The van der Waals surface area contributed by atoms with Crippen LogP contribution >= 0.6 is 0 Å². The molecule has 22 heavy (non-hydrogen) atoms. The monoisotopic (exact) mass is 298 g/mol. The van der Waals surface area contributed by atoms with E-state index in [1.54, 1.807) is 12.4 Å². The molecule has 0 saturated heterocycles. The Kier molecular flexibility index (Phi) is 3.62. The van der Waals surface area contributed by atoms with Gasteiger partial charge in [-0.05, 0) is 20.3 Å². The van der Waals surface area contributed by atoms with Crippen molar-refractivity contribution in [2.24, 2.45) is 0 Å². The number of hydrogen-bond donors (Lipinski definition) is 0. The fraction of sp³-hybridized carbons (Fsp3) is 0.267. The smallest absolute Gasteiger partial charge is 0.241 e. The Labute approximate surface area is 127 Å². The van der Waals surface area contributed by atoms with Crippen molar-refractivity contribution in [3.8, 4) is 16.8 Å². The Hall–Kier alpha value is -2.70. The molecule has 3 aromatic rings.